The van der Waals surface area contributed by atoms with Crippen LogP contribution in [0.4, 0.5) is 0 Å². The Labute approximate surface area is 122 Å². The van der Waals surface area contributed by atoms with E-state index in [2.05, 4.69) is 40.2 Å². The second kappa shape index (κ2) is 9.21. The molecule has 0 aliphatic rings. The van der Waals surface area contributed by atoms with Crippen LogP contribution < -0.4 is 0 Å². The molecule has 0 aliphatic heterocycles. The molecule has 0 N–H and O–H groups in total. The molecule has 0 aliphatic carbocycles. The van der Waals surface area contributed by atoms with E-state index in [1.165, 1.54) is 5.56 Å². The van der Waals surface area contributed by atoms with E-state index in [4.69, 9.17) is 27.9 Å². The van der Waals surface area contributed by atoms with Gasteiger partial charge in [-0.05, 0) is 18.4 Å². The summed E-state index contributed by atoms with van der Waals surface area (Å²) in [6, 6.07) is 10.4. The summed E-state index contributed by atoms with van der Waals surface area (Å²) < 4.78 is 5.70. The van der Waals surface area contributed by atoms with E-state index in [0.29, 0.717) is 18.4 Å². The second-order valence-electron chi connectivity index (χ2n) is 3.82. The zero-order valence-corrected chi connectivity index (χ0v) is 12.7. The minimum absolute atomic E-state index is 0.00931. The predicted molar refractivity (Wildman–Crippen MR) is 78.7 cm³/mol. The highest BCUT2D eigenvalue weighted by molar-refractivity contribution is 9.09. The summed E-state index contributed by atoms with van der Waals surface area (Å²) >= 11 is 15.0. The van der Waals surface area contributed by atoms with Crippen molar-refractivity contribution in [1.29, 1.82) is 0 Å². The highest BCUT2D eigenvalue weighted by atomic mass is 79.9. The van der Waals surface area contributed by atoms with Gasteiger partial charge < -0.3 is 4.74 Å². The maximum Gasteiger partial charge on any atom is 0.0846 e. The highest BCUT2D eigenvalue weighted by Gasteiger charge is 2.17. The summed E-state index contributed by atoms with van der Waals surface area (Å²) in [6.07, 6.45) is 2.02. The third-order valence-electron chi connectivity index (χ3n) is 2.49. The number of hydrogen-bond acceptors (Lipinski definition) is 1. The van der Waals surface area contributed by atoms with Gasteiger partial charge in [0.25, 0.3) is 0 Å². The molecule has 1 nitrogen and oxygen atoms in total. The molecule has 0 spiro atoms. The number of halogens is 3. The third-order valence-corrected chi connectivity index (χ3v) is 4.41. The van der Waals surface area contributed by atoms with Crippen LogP contribution in [0.2, 0.25) is 0 Å². The van der Waals surface area contributed by atoms with Crippen LogP contribution in [0, 0.1) is 0 Å². The molecule has 0 amide bonds. The lowest BCUT2D eigenvalue weighted by Gasteiger charge is -2.18. The lowest BCUT2D eigenvalue weighted by atomic mass is 10.1. The molecular weight excluding hydrogens is 323 g/mol. The van der Waals surface area contributed by atoms with Crippen LogP contribution >= 0.6 is 39.1 Å². The molecule has 0 heterocycles. The van der Waals surface area contributed by atoms with E-state index >= 15 is 0 Å². The molecule has 0 saturated carbocycles. The molecule has 2 atom stereocenters. The normalized spacial score (nSPS) is 14.5. The molecule has 2 unspecified atom stereocenters. The van der Waals surface area contributed by atoms with Crippen molar-refractivity contribution in [1.82, 2.24) is 0 Å². The van der Waals surface area contributed by atoms with Gasteiger partial charge in [-0.1, -0.05) is 46.3 Å². The number of rotatable bonds is 8. The fourth-order valence-corrected chi connectivity index (χ4v) is 2.56. The zero-order chi connectivity index (χ0) is 12.5. The Balaban J connectivity index is 2.19. The number of ether oxygens (including phenoxy) is 1. The molecule has 0 radical (unpaired) electrons. The topological polar surface area (TPSA) is 9.23 Å². The van der Waals surface area contributed by atoms with Gasteiger partial charge in [0, 0.05) is 18.4 Å². The van der Waals surface area contributed by atoms with Gasteiger partial charge in [-0.15, -0.1) is 23.2 Å². The van der Waals surface area contributed by atoms with Crippen molar-refractivity contribution in [2.45, 2.75) is 23.8 Å². The van der Waals surface area contributed by atoms with Crippen molar-refractivity contribution < 1.29 is 4.74 Å². The Morgan fingerprint density at radius 2 is 1.82 bits per heavy atom. The predicted octanol–water partition coefficient (Wildman–Crippen LogP) is 4.25. The van der Waals surface area contributed by atoms with Crippen molar-refractivity contribution in [3.63, 3.8) is 0 Å². The fourth-order valence-electron chi connectivity index (χ4n) is 1.50. The van der Waals surface area contributed by atoms with Crippen LogP contribution in [0.25, 0.3) is 0 Å². The quantitative estimate of drug-likeness (QED) is 0.508. The van der Waals surface area contributed by atoms with Crippen LogP contribution in [-0.4, -0.2) is 29.3 Å². The first-order valence-corrected chi connectivity index (χ1v) is 7.68. The van der Waals surface area contributed by atoms with Crippen molar-refractivity contribution in [3.8, 4) is 0 Å². The fraction of sp³-hybridized carbons (Fsp3) is 0.538. The van der Waals surface area contributed by atoms with Gasteiger partial charge in [0.1, 0.15) is 0 Å². The molecule has 0 saturated heterocycles. The summed E-state index contributed by atoms with van der Waals surface area (Å²) in [5.41, 5.74) is 1.34. The lowest BCUT2D eigenvalue weighted by molar-refractivity contribution is 0.0697. The molecule has 96 valence electrons. The van der Waals surface area contributed by atoms with Crippen molar-refractivity contribution >= 4 is 39.1 Å². The summed E-state index contributed by atoms with van der Waals surface area (Å²) in [5.74, 6) is 0.976. The first-order chi connectivity index (χ1) is 8.27. The van der Waals surface area contributed by atoms with E-state index in [1.807, 2.05) is 6.07 Å². The Bertz CT molecular complexity index is 295. The molecule has 0 aromatic heterocycles. The molecule has 1 aromatic carbocycles. The standard InChI is InChI=1S/C13H17BrCl2O/c14-12(9-15)13(10-16)17-8-4-7-11-5-2-1-3-6-11/h1-3,5-6,12-13H,4,7-10H2. The average molecular weight is 340 g/mol. The van der Waals surface area contributed by atoms with Crippen molar-refractivity contribution in [2.24, 2.45) is 0 Å². The van der Waals surface area contributed by atoms with Crippen LogP contribution in [-0.2, 0) is 11.2 Å². The van der Waals surface area contributed by atoms with Gasteiger partial charge in [0.05, 0.1) is 10.9 Å². The SMILES string of the molecule is ClCC(Br)C(CCl)OCCCc1ccccc1. The number of alkyl halides is 3. The smallest absolute Gasteiger partial charge is 0.0846 e. The van der Waals surface area contributed by atoms with Gasteiger partial charge in [0.15, 0.2) is 0 Å². The van der Waals surface area contributed by atoms with Gasteiger partial charge in [-0.3, -0.25) is 0 Å². The lowest BCUT2D eigenvalue weighted by Crippen LogP contribution is -2.28. The summed E-state index contributed by atoms with van der Waals surface area (Å²) in [4.78, 5) is 0.124. The van der Waals surface area contributed by atoms with Crippen LogP contribution in [0.5, 0.6) is 0 Å². The zero-order valence-electron chi connectivity index (χ0n) is 9.62. The van der Waals surface area contributed by atoms with E-state index < -0.39 is 0 Å². The van der Waals surface area contributed by atoms with E-state index in [-0.39, 0.29) is 10.9 Å². The van der Waals surface area contributed by atoms with Crippen LogP contribution in [0.3, 0.4) is 0 Å². The van der Waals surface area contributed by atoms with Crippen LogP contribution in [0.1, 0.15) is 12.0 Å². The van der Waals surface area contributed by atoms with E-state index in [9.17, 15) is 0 Å². The minimum atomic E-state index is -0.00931. The average Bonchev–Trinajstić information content (AvgIpc) is 2.39. The maximum atomic E-state index is 5.82. The Morgan fingerprint density at radius 3 is 2.41 bits per heavy atom. The Hall–Kier alpha value is 0.240. The molecule has 17 heavy (non-hydrogen) atoms. The second-order valence-corrected chi connectivity index (χ2v) is 5.62. The molecule has 0 bridgehead atoms. The van der Waals surface area contributed by atoms with Gasteiger partial charge in [-0.25, -0.2) is 0 Å². The van der Waals surface area contributed by atoms with Gasteiger partial charge in [0.2, 0.25) is 0 Å². The third kappa shape index (κ3) is 6.10. The summed E-state index contributed by atoms with van der Waals surface area (Å²) in [5, 5.41) is 0. The van der Waals surface area contributed by atoms with Crippen molar-refractivity contribution in [2.75, 3.05) is 18.4 Å². The Morgan fingerprint density at radius 1 is 1.12 bits per heavy atom. The molecule has 4 heteroatoms. The first kappa shape index (κ1) is 15.3. The van der Waals surface area contributed by atoms with Crippen molar-refractivity contribution in [3.05, 3.63) is 35.9 Å². The molecule has 1 rings (SSSR count). The maximum absolute atomic E-state index is 5.82. The minimum Gasteiger partial charge on any atom is -0.376 e. The van der Waals surface area contributed by atoms with E-state index in [1.54, 1.807) is 0 Å². The summed E-state index contributed by atoms with van der Waals surface area (Å²) in [7, 11) is 0. The number of hydrogen-bond donors (Lipinski definition) is 0. The number of aryl methyl sites for hydroxylation is 1. The van der Waals surface area contributed by atoms with Gasteiger partial charge in [-0.2, -0.15) is 0 Å². The van der Waals surface area contributed by atoms with E-state index in [0.717, 1.165) is 12.8 Å². The van der Waals surface area contributed by atoms with Crippen LogP contribution in [0.15, 0.2) is 30.3 Å². The monoisotopic (exact) mass is 338 g/mol. The molecule has 1 aromatic rings. The largest absolute Gasteiger partial charge is 0.376 e. The highest BCUT2D eigenvalue weighted by Crippen LogP contribution is 2.14. The molecular formula is C13H17BrCl2O. The van der Waals surface area contributed by atoms with Gasteiger partial charge >= 0.3 is 0 Å². The summed E-state index contributed by atoms with van der Waals surface area (Å²) in [6.45, 7) is 0.714. The Kier molecular flexibility index (Phi) is 8.29. The number of benzene rings is 1. The first-order valence-electron chi connectivity index (χ1n) is 5.69. The molecule has 0 fully saturated rings.